The Bertz CT molecular complexity index is 710. The zero-order valence-electron chi connectivity index (χ0n) is 14.5. The van der Waals surface area contributed by atoms with Gasteiger partial charge in [-0.1, -0.05) is 0 Å². The van der Waals surface area contributed by atoms with Gasteiger partial charge in [0.15, 0.2) is 17.5 Å². The quantitative estimate of drug-likeness (QED) is 0.482. The lowest BCUT2D eigenvalue weighted by Crippen LogP contribution is -2.27. The molecule has 2 aromatic heterocycles. The van der Waals surface area contributed by atoms with Crippen molar-refractivity contribution in [3.63, 3.8) is 0 Å². The molecule has 0 unspecified atom stereocenters. The summed E-state index contributed by atoms with van der Waals surface area (Å²) in [7, 11) is 0. The normalized spacial score (nSPS) is 13.0. The molecule has 0 spiro atoms. The van der Waals surface area contributed by atoms with Crippen LogP contribution in [0.15, 0.2) is 11.1 Å². The SMILES string of the molecule is CCOC(C[C@@H](COCO)Cn1cnc2c(=O)[nH]c(N)nc21)OCC. The number of rotatable bonds is 11. The van der Waals surface area contributed by atoms with E-state index in [-0.39, 0.29) is 36.0 Å². The molecule has 0 fully saturated rings. The first-order valence-corrected chi connectivity index (χ1v) is 8.21. The Hall–Kier alpha value is -2.01. The summed E-state index contributed by atoms with van der Waals surface area (Å²) in [6.45, 7) is 5.23. The van der Waals surface area contributed by atoms with E-state index in [2.05, 4.69) is 15.0 Å². The maximum atomic E-state index is 11.9. The number of ether oxygens (including phenoxy) is 3. The van der Waals surface area contributed by atoms with Crippen molar-refractivity contribution in [2.75, 3.05) is 32.3 Å². The highest BCUT2D eigenvalue weighted by Crippen LogP contribution is 2.17. The monoisotopic (exact) mass is 355 g/mol. The number of hydrogen-bond acceptors (Lipinski definition) is 8. The fourth-order valence-corrected chi connectivity index (χ4v) is 2.63. The Labute approximate surface area is 144 Å². The first-order chi connectivity index (χ1) is 12.1. The lowest BCUT2D eigenvalue weighted by Gasteiger charge is -2.23. The molecule has 0 aliphatic heterocycles. The van der Waals surface area contributed by atoms with Crippen molar-refractivity contribution in [1.29, 1.82) is 0 Å². The molecule has 25 heavy (non-hydrogen) atoms. The van der Waals surface area contributed by atoms with Gasteiger partial charge in [0, 0.05) is 32.1 Å². The summed E-state index contributed by atoms with van der Waals surface area (Å²) in [5, 5.41) is 8.95. The van der Waals surface area contributed by atoms with Crippen molar-refractivity contribution in [3.8, 4) is 0 Å². The molecule has 4 N–H and O–H groups in total. The number of aliphatic hydroxyl groups is 1. The van der Waals surface area contributed by atoms with E-state index in [9.17, 15) is 4.79 Å². The summed E-state index contributed by atoms with van der Waals surface area (Å²) in [4.78, 5) is 22.5. The van der Waals surface area contributed by atoms with Crippen LogP contribution in [0.3, 0.4) is 0 Å². The van der Waals surface area contributed by atoms with Crippen molar-refractivity contribution in [1.82, 2.24) is 19.5 Å². The van der Waals surface area contributed by atoms with E-state index in [0.29, 0.717) is 38.4 Å². The smallest absolute Gasteiger partial charge is 0.280 e. The molecular weight excluding hydrogens is 330 g/mol. The lowest BCUT2D eigenvalue weighted by molar-refractivity contribution is -0.152. The summed E-state index contributed by atoms with van der Waals surface area (Å²) in [5.74, 6) is -0.0149. The largest absolute Gasteiger partial charge is 0.371 e. The third kappa shape index (κ3) is 5.23. The van der Waals surface area contributed by atoms with Crippen molar-refractivity contribution in [3.05, 3.63) is 16.7 Å². The lowest BCUT2D eigenvalue weighted by atomic mass is 10.1. The molecule has 0 bridgehead atoms. The van der Waals surface area contributed by atoms with E-state index in [0.717, 1.165) is 0 Å². The van der Waals surface area contributed by atoms with Crippen LogP contribution in [0.1, 0.15) is 20.3 Å². The molecule has 2 heterocycles. The number of H-pyrrole nitrogens is 1. The summed E-state index contributed by atoms with van der Waals surface area (Å²) < 4.78 is 18.1. The van der Waals surface area contributed by atoms with E-state index in [1.165, 1.54) is 6.33 Å². The molecule has 0 aliphatic rings. The Balaban J connectivity index is 2.19. The number of hydrogen-bond donors (Lipinski definition) is 3. The van der Waals surface area contributed by atoms with Gasteiger partial charge in [-0.15, -0.1) is 0 Å². The van der Waals surface area contributed by atoms with Gasteiger partial charge in [-0.3, -0.25) is 9.78 Å². The second-order valence-corrected chi connectivity index (χ2v) is 5.46. The van der Waals surface area contributed by atoms with Gasteiger partial charge in [-0.05, 0) is 13.8 Å². The molecule has 10 heteroatoms. The molecule has 0 radical (unpaired) electrons. The molecule has 0 saturated heterocycles. The van der Waals surface area contributed by atoms with Crippen LogP contribution in [0.4, 0.5) is 5.95 Å². The molecule has 140 valence electrons. The Kier molecular flexibility index (Phi) is 7.31. The van der Waals surface area contributed by atoms with Gasteiger partial charge >= 0.3 is 0 Å². The highest BCUT2D eigenvalue weighted by atomic mass is 16.7. The minimum atomic E-state index is -0.383. The van der Waals surface area contributed by atoms with Crippen LogP contribution in [-0.4, -0.2) is 57.5 Å². The zero-order valence-corrected chi connectivity index (χ0v) is 14.5. The fourth-order valence-electron chi connectivity index (χ4n) is 2.63. The zero-order chi connectivity index (χ0) is 18.2. The first-order valence-electron chi connectivity index (χ1n) is 8.21. The number of aromatic amines is 1. The highest BCUT2D eigenvalue weighted by molar-refractivity contribution is 5.70. The van der Waals surface area contributed by atoms with E-state index < -0.39 is 0 Å². The van der Waals surface area contributed by atoms with E-state index in [1.807, 2.05) is 13.8 Å². The molecule has 2 aromatic rings. The molecular formula is C15H25N5O5. The number of imidazole rings is 1. The number of nitrogens with one attached hydrogen (secondary N) is 1. The number of anilines is 1. The standard InChI is InChI=1S/C15H25N5O5/c1-3-24-11(25-4-2)5-10(7-23-9-21)6-20-8-17-12-13(20)18-15(16)19-14(12)22/h8,10-11,21H,3-7,9H2,1-2H3,(H3,16,18,19,22)/t10-/m1/s1. The molecule has 1 atom stereocenters. The first kappa shape index (κ1) is 19.3. The Morgan fingerprint density at radius 3 is 2.72 bits per heavy atom. The Morgan fingerprint density at radius 1 is 1.36 bits per heavy atom. The van der Waals surface area contributed by atoms with Gasteiger partial charge in [-0.2, -0.15) is 4.98 Å². The predicted octanol–water partition coefficient (Wildman–Crippen LogP) is 0.0736. The van der Waals surface area contributed by atoms with Crippen molar-refractivity contribution in [2.45, 2.75) is 33.1 Å². The number of nitrogens with two attached hydrogens (primary N) is 1. The van der Waals surface area contributed by atoms with Gasteiger partial charge in [0.25, 0.3) is 5.56 Å². The van der Waals surface area contributed by atoms with Gasteiger partial charge in [0.05, 0.1) is 12.9 Å². The van der Waals surface area contributed by atoms with Gasteiger partial charge in [0.1, 0.15) is 6.79 Å². The summed E-state index contributed by atoms with van der Waals surface area (Å²) >= 11 is 0. The third-order valence-corrected chi connectivity index (χ3v) is 3.62. The molecule has 10 nitrogen and oxygen atoms in total. The van der Waals surface area contributed by atoms with E-state index in [4.69, 9.17) is 25.1 Å². The van der Waals surface area contributed by atoms with Crippen molar-refractivity contribution in [2.24, 2.45) is 5.92 Å². The average Bonchev–Trinajstić information content (AvgIpc) is 2.96. The molecule has 0 aliphatic carbocycles. The van der Waals surface area contributed by atoms with Crippen LogP contribution < -0.4 is 11.3 Å². The highest BCUT2D eigenvalue weighted by Gasteiger charge is 2.20. The number of fused-ring (bicyclic) bond motifs is 1. The minimum Gasteiger partial charge on any atom is -0.371 e. The average molecular weight is 355 g/mol. The maximum absolute atomic E-state index is 11.9. The summed E-state index contributed by atoms with van der Waals surface area (Å²) in [6, 6.07) is 0. The molecule has 0 saturated carbocycles. The van der Waals surface area contributed by atoms with Crippen molar-refractivity contribution < 1.29 is 19.3 Å². The maximum Gasteiger partial charge on any atom is 0.280 e. The minimum absolute atomic E-state index is 0.0314. The van der Waals surface area contributed by atoms with Crippen LogP contribution >= 0.6 is 0 Å². The molecule has 2 rings (SSSR count). The second kappa shape index (κ2) is 9.47. The summed E-state index contributed by atoms with van der Waals surface area (Å²) in [5.41, 5.74) is 5.86. The van der Waals surface area contributed by atoms with Crippen LogP contribution in [0.2, 0.25) is 0 Å². The fraction of sp³-hybridized carbons (Fsp3) is 0.667. The molecule has 0 amide bonds. The van der Waals surface area contributed by atoms with E-state index >= 15 is 0 Å². The molecule has 0 aromatic carbocycles. The number of aliphatic hydroxyl groups excluding tert-OH is 1. The van der Waals surface area contributed by atoms with Crippen LogP contribution in [0.5, 0.6) is 0 Å². The van der Waals surface area contributed by atoms with Crippen LogP contribution in [-0.2, 0) is 20.8 Å². The Morgan fingerprint density at radius 2 is 2.08 bits per heavy atom. The van der Waals surface area contributed by atoms with Crippen molar-refractivity contribution >= 4 is 17.1 Å². The predicted molar refractivity (Wildman–Crippen MR) is 90.7 cm³/mol. The topological polar surface area (TPSA) is 138 Å². The summed E-state index contributed by atoms with van der Waals surface area (Å²) in [6.07, 6.45) is 1.72. The second-order valence-electron chi connectivity index (χ2n) is 5.46. The van der Waals surface area contributed by atoms with Gasteiger partial charge in [0.2, 0.25) is 5.95 Å². The van der Waals surface area contributed by atoms with E-state index in [1.54, 1.807) is 4.57 Å². The number of nitrogen functional groups attached to an aromatic ring is 1. The van der Waals surface area contributed by atoms with Crippen LogP contribution in [0.25, 0.3) is 11.2 Å². The van der Waals surface area contributed by atoms with Gasteiger partial charge in [-0.25, -0.2) is 4.98 Å². The third-order valence-electron chi connectivity index (χ3n) is 3.62. The number of aromatic nitrogens is 4. The van der Waals surface area contributed by atoms with Gasteiger partial charge < -0.3 is 29.6 Å². The number of nitrogens with zero attached hydrogens (tertiary/aromatic N) is 3. The van der Waals surface area contributed by atoms with Crippen LogP contribution in [0, 0.1) is 5.92 Å².